The molecule has 1 atom stereocenters. The topological polar surface area (TPSA) is 76.7 Å². The van der Waals surface area contributed by atoms with E-state index in [1.807, 2.05) is 36.4 Å². The second-order valence-corrected chi connectivity index (χ2v) is 6.22. The second kappa shape index (κ2) is 9.30. The van der Waals surface area contributed by atoms with Gasteiger partial charge in [0.2, 0.25) is 6.10 Å². The quantitative estimate of drug-likeness (QED) is 0.438. The number of nitrogens with one attached hydrogen (secondary N) is 1. The van der Waals surface area contributed by atoms with E-state index >= 15 is 0 Å². The van der Waals surface area contributed by atoms with Crippen LogP contribution in [-0.4, -0.2) is 17.8 Å². The zero-order valence-corrected chi connectivity index (χ0v) is 15.2. The summed E-state index contributed by atoms with van der Waals surface area (Å²) in [5, 5.41) is 7.74. The molecule has 2 aromatic rings. The minimum absolute atomic E-state index is 0.235. The lowest BCUT2D eigenvalue weighted by Gasteiger charge is -2.12. The van der Waals surface area contributed by atoms with Crippen molar-refractivity contribution in [2.75, 3.05) is 0 Å². The van der Waals surface area contributed by atoms with Crippen LogP contribution in [0.3, 0.4) is 0 Å². The van der Waals surface area contributed by atoms with Gasteiger partial charge in [0.05, 0.1) is 0 Å². The molecule has 0 bridgehead atoms. The summed E-state index contributed by atoms with van der Waals surface area (Å²) in [4.78, 5) is 17.2. The van der Waals surface area contributed by atoms with Crippen molar-refractivity contribution >= 4 is 34.9 Å². The fourth-order valence-corrected chi connectivity index (χ4v) is 2.44. The van der Waals surface area contributed by atoms with Gasteiger partial charge in [0.1, 0.15) is 5.84 Å². The largest absolute Gasteiger partial charge is 0.384 e. The smallest absolute Gasteiger partial charge is 0.263 e. The number of rotatable bonds is 7. The summed E-state index contributed by atoms with van der Waals surface area (Å²) < 4.78 is 0. The molecule has 132 valence electrons. The van der Waals surface area contributed by atoms with Crippen LogP contribution in [0.15, 0.2) is 53.7 Å². The molecule has 0 aromatic heterocycles. The van der Waals surface area contributed by atoms with Gasteiger partial charge >= 0.3 is 0 Å². The third-order valence-electron chi connectivity index (χ3n) is 3.44. The first-order valence-electron chi connectivity index (χ1n) is 7.70. The number of carbonyl (C=O) groups is 1. The number of halogens is 2. The van der Waals surface area contributed by atoms with Crippen LogP contribution in [0.1, 0.15) is 18.1 Å². The summed E-state index contributed by atoms with van der Waals surface area (Å²) in [7, 11) is 0. The van der Waals surface area contributed by atoms with E-state index in [0.717, 1.165) is 11.1 Å². The Labute approximate surface area is 156 Å². The zero-order chi connectivity index (χ0) is 18.2. The van der Waals surface area contributed by atoms with Crippen molar-refractivity contribution in [3.8, 4) is 0 Å². The van der Waals surface area contributed by atoms with Crippen LogP contribution in [0.2, 0.25) is 10.0 Å². The van der Waals surface area contributed by atoms with Crippen molar-refractivity contribution in [3.63, 3.8) is 0 Å². The molecule has 1 amide bonds. The van der Waals surface area contributed by atoms with Crippen molar-refractivity contribution in [1.29, 1.82) is 0 Å². The van der Waals surface area contributed by atoms with E-state index in [1.165, 1.54) is 0 Å². The van der Waals surface area contributed by atoms with Gasteiger partial charge in [0.25, 0.3) is 5.91 Å². The lowest BCUT2D eigenvalue weighted by atomic mass is 10.1. The normalized spacial score (nSPS) is 12.5. The molecule has 0 saturated heterocycles. The van der Waals surface area contributed by atoms with Gasteiger partial charge in [0.15, 0.2) is 0 Å². The molecule has 25 heavy (non-hydrogen) atoms. The zero-order valence-electron chi connectivity index (χ0n) is 13.7. The minimum atomic E-state index is -0.785. The molecule has 0 spiro atoms. The Morgan fingerprint density at radius 1 is 1.12 bits per heavy atom. The first-order chi connectivity index (χ1) is 12.0. The summed E-state index contributed by atoms with van der Waals surface area (Å²) in [5.41, 5.74) is 7.49. The van der Waals surface area contributed by atoms with E-state index < -0.39 is 6.10 Å². The van der Waals surface area contributed by atoms with Gasteiger partial charge in [-0.1, -0.05) is 64.8 Å². The highest BCUT2D eigenvalue weighted by molar-refractivity contribution is 6.31. The summed E-state index contributed by atoms with van der Waals surface area (Å²) >= 11 is 12.1. The Hall–Kier alpha value is -2.24. The highest BCUT2D eigenvalue weighted by Crippen LogP contribution is 2.16. The Morgan fingerprint density at radius 2 is 1.68 bits per heavy atom. The first kappa shape index (κ1) is 19.1. The van der Waals surface area contributed by atoms with Crippen molar-refractivity contribution in [3.05, 3.63) is 69.7 Å². The molecule has 0 radical (unpaired) electrons. The molecule has 0 heterocycles. The lowest BCUT2D eigenvalue weighted by molar-refractivity contribution is -0.131. The molecule has 0 aliphatic carbocycles. The van der Waals surface area contributed by atoms with Crippen LogP contribution in [0.25, 0.3) is 0 Å². The highest BCUT2D eigenvalue weighted by Gasteiger charge is 2.14. The molecule has 3 N–H and O–H groups in total. The molecule has 2 aromatic carbocycles. The van der Waals surface area contributed by atoms with Crippen LogP contribution in [0.5, 0.6) is 0 Å². The maximum atomic E-state index is 12.0. The lowest BCUT2D eigenvalue weighted by Crippen LogP contribution is -2.33. The van der Waals surface area contributed by atoms with Gasteiger partial charge in [-0.05, 0) is 30.2 Å². The monoisotopic (exact) mass is 379 g/mol. The molecule has 0 aliphatic rings. The van der Waals surface area contributed by atoms with Gasteiger partial charge in [-0.25, -0.2) is 0 Å². The maximum Gasteiger partial charge on any atom is 0.263 e. The molecule has 0 saturated carbocycles. The van der Waals surface area contributed by atoms with E-state index in [1.54, 1.807) is 19.1 Å². The van der Waals surface area contributed by atoms with Crippen LogP contribution in [0.4, 0.5) is 0 Å². The van der Waals surface area contributed by atoms with Gasteiger partial charge in [-0.3, -0.25) is 4.79 Å². The third kappa shape index (κ3) is 5.96. The Morgan fingerprint density at radius 3 is 2.28 bits per heavy atom. The van der Waals surface area contributed by atoms with E-state index in [0.29, 0.717) is 23.0 Å². The maximum absolute atomic E-state index is 12.0. The highest BCUT2D eigenvalue weighted by atomic mass is 35.5. The Kier molecular flexibility index (Phi) is 7.10. The molecule has 7 heteroatoms. The van der Waals surface area contributed by atoms with Crippen LogP contribution in [0, 0.1) is 0 Å². The Balaban J connectivity index is 1.84. The summed E-state index contributed by atoms with van der Waals surface area (Å²) in [6, 6.07) is 14.6. The van der Waals surface area contributed by atoms with Crippen molar-refractivity contribution in [2.45, 2.75) is 26.0 Å². The first-order valence-corrected chi connectivity index (χ1v) is 8.45. The number of amidine groups is 1. The number of nitrogens with two attached hydrogens (primary N) is 1. The van der Waals surface area contributed by atoms with Crippen molar-refractivity contribution < 1.29 is 9.63 Å². The molecule has 1 unspecified atom stereocenters. The molecular formula is C18H19Cl2N3O2. The number of carbonyl (C=O) groups excluding carboxylic acids is 1. The predicted octanol–water partition coefficient (Wildman–Crippen LogP) is 3.53. The molecule has 0 aliphatic heterocycles. The number of amides is 1. The third-order valence-corrected chi connectivity index (χ3v) is 4.18. The van der Waals surface area contributed by atoms with Crippen LogP contribution < -0.4 is 11.1 Å². The molecule has 5 nitrogen and oxygen atoms in total. The minimum Gasteiger partial charge on any atom is -0.384 e. The van der Waals surface area contributed by atoms with Gasteiger partial charge in [-0.15, -0.1) is 0 Å². The molecule has 2 rings (SSSR count). The molecular weight excluding hydrogens is 361 g/mol. The standard InChI is InChI=1S/C18H19Cl2N3O2/c1-12(18(24)22-11-14-7-3-5-9-16(14)20)25-23-17(21)10-13-6-2-4-8-15(13)19/h2-9,12H,10-11H2,1H3,(H2,21,23)(H,22,24). The van der Waals surface area contributed by atoms with Gasteiger partial charge in [-0.2, -0.15) is 0 Å². The number of benzene rings is 2. The van der Waals surface area contributed by atoms with Gasteiger partial charge < -0.3 is 15.9 Å². The van der Waals surface area contributed by atoms with Crippen molar-refractivity contribution in [2.24, 2.45) is 10.9 Å². The average molecular weight is 380 g/mol. The average Bonchev–Trinajstić information content (AvgIpc) is 2.60. The number of hydrogen-bond donors (Lipinski definition) is 2. The number of nitrogens with zero attached hydrogens (tertiary/aromatic N) is 1. The molecule has 0 fully saturated rings. The Bertz CT molecular complexity index is 765. The van der Waals surface area contributed by atoms with E-state index in [4.69, 9.17) is 33.8 Å². The summed E-state index contributed by atoms with van der Waals surface area (Å²) in [5.74, 6) is -0.0759. The summed E-state index contributed by atoms with van der Waals surface area (Å²) in [6.45, 7) is 1.90. The SMILES string of the molecule is CC(ON=C(N)Cc1ccccc1Cl)C(=O)NCc1ccccc1Cl. The van der Waals surface area contributed by atoms with Crippen LogP contribution >= 0.6 is 23.2 Å². The van der Waals surface area contributed by atoms with E-state index in [2.05, 4.69) is 10.5 Å². The van der Waals surface area contributed by atoms with Crippen LogP contribution in [-0.2, 0) is 22.6 Å². The van der Waals surface area contributed by atoms with E-state index in [-0.39, 0.29) is 11.7 Å². The fourth-order valence-electron chi connectivity index (χ4n) is 2.03. The van der Waals surface area contributed by atoms with Gasteiger partial charge in [0, 0.05) is 23.0 Å². The predicted molar refractivity (Wildman–Crippen MR) is 101 cm³/mol. The van der Waals surface area contributed by atoms with Crippen molar-refractivity contribution in [1.82, 2.24) is 5.32 Å². The summed E-state index contributed by atoms with van der Waals surface area (Å²) in [6.07, 6.45) is -0.444. The van der Waals surface area contributed by atoms with E-state index in [9.17, 15) is 4.79 Å². The second-order valence-electron chi connectivity index (χ2n) is 5.41. The number of hydrogen-bond acceptors (Lipinski definition) is 3. The fraction of sp³-hybridized carbons (Fsp3) is 0.222. The number of oxime groups is 1.